The van der Waals surface area contributed by atoms with Crippen LogP contribution >= 0.6 is 0 Å². The maximum atomic E-state index is 7.18. The number of ether oxygens (including phenoxy) is 1. The molecule has 0 saturated carbocycles. The maximum absolute atomic E-state index is 7.18. The van der Waals surface area contributed by atoms with Crippen LogP contribution in [-0.4, -0.2) is 4.57 Å². The van der Waals surface area contributed by atoms with Gasteiger partial charge < -0.3 is 9.30 Å². The Kier molecular flexibility index (Phi) is 2.35. The van der Waals surface area contributed by atoms with Crippen LogP contribution in [0.4, 0.5) is 0 Å². The summed E-state index contributed by atoms with van der Waals surface area (Å²) in [7, 11) is 0. The van der Waals surface area contributed by atoms with Crippen molar-refractivity contribution in [2.45, 2.75) is 11.5 Å². The predicted octanol–water partition coefficient (Wildman–Crippen LogP) is 19.8. The summed E-state index contributed by atoms with van der Waals surface area (Å²) in [6.45, 7) is 0. The number of aromatic nitrogens is 1. The third-order valence-corrected chi connectivity index (χ3v) is 25.9. The summed E-state index contributed by atoms with van der Waals surface area (Å²) in [4.78, 5) is 0. The zero-order valence-electron chi connectivity index (χ0n) is 37.6. The van der Waals surface area contributed by atoms with Gasteiger partial charge in [0.25, 0.3) is 0 Å². The summed E-state index contributed by atoms with van der Waals surface area (Å²) in [6.07, 6.45) is 0. The van der Waals surface area contributed by atoms with Crippen molar-refractivity contribution in [3.8, 4) is 11.5 Å². The molecule has 3 aliphatic heterocycles. The molecule has 0 N–H and O–H groups in total. The van der Waals surface area contributed by atoms with Crippen LogP contribution in [0, 0.1) is 0 Å². The van der Waals surface area contributed by atoms with Crippen molar-refractivity contribution in [2.24, 2.45) is 0 Å². The Morgan fingerprint density at radius 2 is 0.419 bits per heavy atom. The average Bonchev–Trinajstić information content (AvgIpc) is 4.43. The van der Waals surface area contributed by atoms with Crippen molar-refractivity contribution in [1.29, 1.82) is 0 Å². The standard InChI is InChI=1S/C72H9NO/c1-3-7-11-9(5-1)67(10-6-2-4-8-12(10)74-11)72-68-59-51-41-31-23-15-13-14-17-21-19(15)27-35(31)45(51)53-47-37(27)29(21)39-33-25(17)26-18(14)22-20-16(13)24(23)32-36-28(20)38-30(22)40-34(26)44-43(33)57-49(39)55(47)63(61(53)68)70-65(57)66-58(44)50(40)56-48(38)54-46(36)52(42(32)41)60(59)69(72)62(54)64(56)71(66)73(70)72/h1-8,67H. The van der Waals surface area contributed by atoms with Crippen LogP contribution < -0.4 is 4.74 Å². The van der Waals surface area contributed by atoms with Crippen molar-refractivity contribution < 1.29 is 4.74 Å². The summed E-state index contributed by atoms with van der Waals surface area (Å²) in [6, 6.07) is 18.6. The number of benzene rings is 20. The second-order valence-electron chi connectivity index (χ2n) is 26.4. The molecule has 0 radical (unpaired) electrons. The Balaban J connectivity index is 1.13. The van der Waals surface area contributed by atoms with Gasteiger partial charge in [0.1, 0.15) is 17.0 Å². The summed E-state index contributed by atoms with van der Waals surface area (Å²) >= 11 is 0. The highest BCUT2D eigenvalue weighted by Crippen LogP contribution is 2.82. The van der Waals surface area contributed by atoms with E-state index >= 15 is 0 Å². The third kappa shape index (κ3) is 1.50. The lowest BCUT2D eigenvalue weighted by molar-refractivity contribution is 0.368. The Bertz CT molecular complexity index is 7320. The van der Waals surface area contributed by atoms with E-state index in [1.807, 2.05) is 0 Å². The SMILES string of the molecule is c1ccc2c(c1)Oc1ccccc1C2C12c3c4c5c1c1c6c7c5c5c8c4c4c9c3c3c%10c9c9c%11c4c8c4c8c5c7c5c7c6c6c%12c%13c7c7c5c8c5c4c%11c4c9c8c9c%11c4c5c7c%11c%13c4c9c(c8%10)c5c(c4%12)c(c16)n2c35. The fraction of sp³-hybridized carbons (Fsp3) is 0.0278. The molecule has 4 heterocycles. The Labute approximate surface area is 402 Å². The normalized spacial score (nSPS) is 18.4. The van der Waals surface area contributed by atoms with Crippen LogP contribution in [0.25, 0.3) is 302 Å². The highest BCUT2D eigenvalue weighted by Gasteiger charge is 2.63. The maximum Gasteiger partial charge on any atom is 0.131 e. The van der Waals surface area contributed by atoms with Crippen molar-refractivity contribution in [2.75, 3.05) is 0 Å². The minimum absolute atomic E-state index is 0.0283. The molecule has 30 aromatic carbocycles. The van der Waals surface area contributed by atoms with E-state index in [4.69, 9.17) is 4.74 Å². The molecule has 35 rings (SSSR count). The molecule has 0 bridgehead atoms. The van der Waals surface area contributed by atoms with Gasteiger partial charge in [0.15, 0.2) is 0 Å². The number of para-hydroxylation sites is 2. The van der Waals surface area contributed by atoms with E-state index in [2.05, 4.69) is 53.1 Å². The average molecular weight is 904 g/mol. The minimum atomic E-state index is -0.582. The molecule has 74 heavy (non-hydrogen) atoms. The van der Waals surface area contributed by atoms with Crippen LogP contribution in [0.3, 0.4) is 0 Å². The monoisotopic (exact) mass is 903 g/mol. The lowest BCUT2D eigenvalue weighted by Crippen LogP contribution is -2.44. The van der Waals surface area contributed by atoms with Gasteiger partial charge in [-0.2, -0.15) is 0 Å². The smallest absolute Gasteiger partial charge is 0.131 e. The zero-order chi connectivity index (χ0) is 43.8. The molecule has 0 spiro atoms. The number of fused-ring (bicyclic) bond motifs is 2. The molecule has 1 aliphatic carbocycles. The molecule has 31 aromatic rings. The van der Waals surface area contributed by atoms with Crippen molar-refractivity contribution in [3.05, 3.63) is 70.8 Å². The topological polar surface area (TPSA) is 14.2 Å². The Morgan fingerprint density at radius 1 is 0.230 bits per heavy atom. The summed E-state index contributed by atoms with van der Waals surface area (Å²) in [5.41, 5.74) is 8.49. The largest absolute Gasteiger partial charge is 0.457 e. The first-order valence-electron chi connectivity index (χ1n) is 27.3. The highest BCUT2D eigenvalue weighted by molar-refractivity contribution is 6.83. The highest BCUT2D eigenvalue weighted by atomic mass is 16.5. The number of hydrogen-bond acceptors (Lipinski definition) is 1. The predicted molar refractivity (Wildman–Crippen MR) is 310 cm³/mol. The van der Waals surface area contributed by atoms with Crippen LogP contribution in [-0.2, 0) is 5.54 Å². The lowest BCUT2D eigenvalue weighted by atomic mass is 9.64. The van der Waals surface area contributed by atoms with Crippen LogP contribution in [0.15, 0.2) is 48.5 Å². The molecule has 1 aromatic heterocycles. The Hall–Kier alpha value is -9.50. The first-order chi connectivity index (χ1) is 36.9. The first kappa shape index (κ1) is 27.4. The lowest BCUT2D eigenvalue weighted by Gasteiger charge is -2.48. The van der Waals surface area contributed by atoms with Gasteiger partial charge in [-0.1, -0.05) is 36.4 Å². The molecule has 4 aliphatic rings. The number of rotatable bonds is 1. The quantitative estimate of drug-likeness (QED) is 0.150. The summed E-state index contributed by atoms with van der Waals surface area (Å²) in [5, 5.41) is 87.9. The molecule has 0 saturated heterocycles. The molecule has 308 valence electrons. The van der Waals surface area contributed by atoms with Gasteiger partial charge in [-0.25, -0.2) is 0 Å². The van der Waals surface area contributed by atoms with Crippen molar-refractivity contribution in [1.82, 2.24) is 4.57 Å². The second kappa shape index (κ2) is 6.36. The second-order valence-corrected chi connectivity index (χ2v) is 26.4. The van der Waals surface area contributed by atoms with Crippen molar-refractivity contribution in [3.63, 3.8) is 0 Å². The van der Waals surface area contributed by atoms with Crippen LogP contribution in [0.5, 0.6) is 11.5 Å². The number of hydrogen-bond donors (Lipinski definition) is 0. The molecule has 0 amide bonds. The summed E-state index contributed by atoms with van der Waals surface area (Å²) in [5.74, 6) is 2.02. The van der Waals surface area contributed by atoms with Gasteiger partial charge in [-0.15, -0.1) is 0 Å². The van der Waals surface area contributed by atoms with Gasteiger partial charge in [0.2, 0.25) is 0 Å². The van der Waals surface area contributed by atoms with Gasteiger partial charge in [0, 0.05) is 206 Å². The molecular weight excluding hydrogens is 895 g/mol. The van der Waals surface area contributed by atoms with Gasteiger partial charge >= 0.3 is 0 Å². The number of nitrogens with zero attached hydrogens (tertiary/aromatic N) is 1. The van der Waals surface area contributed by atoms with E-state index in [1.54, 1.807) is 313 Å². The van der Waals surface area contributed by atoms with Crippen LogP contribution in [0.2, 0.25) is 0 Å². The van der Waals surface area contributed by atoms with E-state index in [1.165, 1.54) is 11.1 Å². The van der Waals surface area contributed by atoms with E-state index in [-0.39, 0.29) is 5.92 Å². The van der Waals surface area contributed by atoms with E-state index < -0.39 is 5.54 Å². The Morgan fingerprint density at radius 3 is 0.676 bits per heavy atom. The molecule has 0 unspecified atom stereocenters. The fourth-order valence-corrected chi connectivity index (χ4v) is 25.5. The van der Waals surface area contributed by atoms with Crippen molar-refractivity contribution >= 4 is 302 Å². The fourth-order valence-electron chi connectivity index (χ4n) is 25.5. The van der Waals surface area contributed by atoms with Gasteiger partial charge in [-0.05, 0) is 125 Å². The molecule has 0 fully saturated rings. The molecule has 2 nitrogen and oxygen atoms in total. The van der Waals surface area contributed by atoms with E-state index in [0.717, 1.165) is 11.5 Å². The van der Waals surface area contributed by atoms with Gasteiger partial charge in [0.05, 0.1) is 11.0 Å². The first-order valence-corrected chi connectivity index (χ1v) is 27.3. The van der Waals surface area contributed by atoms with E-state index in [0.29, 0.717) is 0 Å². The zero-order valence-corrected chi connectivity index (χ0v) is 37.6. The summed E-state index contributed by atoms with van der Waals surface area (Å²) < 4.78 is 10.4. The van der Waals surface area contributed by atoms with Gasteiger partial charge in [-0.3, -0.25) is 0 Å². The van der Waals surface area contributed by atoms with Crippen LogP contribution in [0.1, 0.15) is 28.2 Å². The minimum Gasteiger partial charge on any atom is -0.457 e. The third-order valence-electron chi connectivity index (χ3n) is 25.9. The van der Waals surface area contributed by atoms with E-state index in [9.17, 15) is 0 Å². The molecular formula is C72H9NO. The molecule has 0 atom stereocenters. The molecule has 2 heteroatoms.